The Kier molecular flexibility index (Phi) is 3.62. The van der Waals surface area contributed by atoms with Crippen LogP contribution >= 0.6 is 0 Å². The molecule has 0 amide bonds. The normalized spacial score (nSPS) is 20.1. The maximum Gasteiger partial charge on any atom is 0.122 e. The smallest absolute Gasteiger partial charge is 0.122 e. The van der Waals surface area contributed by atoms with Gasteiger partial charge in [-0.05, 0) is 31.9 Å². The largest absolute Gasteiger partial charge is 0.492 e. The minimum Gasteiger partial charge on any atom is -0.492 e. The Labute approximate surface area is 97.3 Å². The molecule has 0 spiro atoms. The summed E-state index contributed by atoms with van der Waals surface area (Å²) in [6.07, 6.45) is 3.21. The van der Waals surface area contributed by atoms with E-state index < -0.39 is 0 Å². The zero-order valence-corrected chi connectivity index (χ0v) is 9.99. The first-order valence-corrected chi connectivity index (χ1v) is 5.85. The Morgan fingerprint density at radius 1 is 1.50 bits per heavy atom. The van der Waals surface area contributed by atoms with E-state index >= 15 is 0 Å². The maximum atomic E-state index is 5.72. The number of nitrogens with one attached hydrogen (secondary N) is 1. The van der Waals surface area contributed by atoms with Gasteiger partial charge in [-0.2, -0.15) is 0 Å². The van der Waals surface area contributed by atoms with Crippen LogP contribution in [0.2, 0.25) is 0 Å². The van der Waals surface area contributed by atoms with E-state index in [2.05, 4.69) is 37.4 Å². The third kappa shape index (κ3) is 2.64. The fourth-order valence-corrected chi connectivity index (χ4v) is 1.87. The molecule has 0 saturated heterocycles. The van der Waals surface area contributed by atoms with Gasteiger partial charge in [0.05, 0.1) is 0 Å². The molecule has 0 bridgehead atoms. The number of hydrogen-bond donors (Lipinski definition) is 1. The van der Waals surface area contributed by atoms with E-state index in [1.807, 2.05) is 12.1 Å². The second-order valence-corrected chi connectivity index (χ2v) is 4.34. The average Bonchev–Trinajstić information content (AvgIpc) is 2.35. The fraction of sp³-hybridized carbons (Fsp3) is 0.429. The molecule has 16 heavy (non-hydrogen) atoms. The summed E-state index contributed by atoms with van der Waals surface area (Å²) in [5, 5.41) is 3.52. The van der Waals surface area contributed by atoms with Crippen LogP contribution in [0.25, 0.3) is 0 Å². The highest BCUT2D eigenvalue weighted by atomic mass is 16.5. The van der Waals surface area contributed by atoms with E-state index in [4.69, 9.17) is 4.74 Å². The summed E-state index contributed by atoms with van der Waals surface area (Å²) in [6, 6.07) is 8.72. The van der Waals surface area contributed by atoms with Crippen LogP contribution in [0.4, 0.5) is 0 Å². The van der Waals surface area contributed by atoms with Crippen LogP contribution in [0.3, 0.4) is 0 Å². The lowest BCUT2D eigenvalue weighted by molar-refractivity contribution is 0.241. The summed E-state index contributed by atoms with van der Waals surface area (Å²) in [7, 11) is 0. The van der Waals surface area contributed by atoms with Crippen molar-refractivity contribution in [3.8, 4) is 5.75 Å². The molecule has 86 valence electrons. The van der Waals surface area contributed by atoms with Crippen molar-refractivity contribution >= 4 is 0 Å². The topological polar surface area (TPSA) is 21.3 Å². The van der Waals surface area contributed by atoms with E-state index in [1.54, 1.807) is 0 Å². The van der Waals surface area contributed by atoms with Gasteiger partial charge in [-0.1, -0.05) is 29.8 Å². The van der Waals surface area contributed by atoms with Gasteiger partial charge < -0.3 is 10.1 Å². The number of fused-ring (bicyclic) bond motifs is 1. The van der Waals surface area contributed by atoms with Gasteiger partial charge >= 0.3 is 0 Å². The minimum atomic E-state index is 0.435. The van der Waals surface area contributed by atoms with E-state index in [0.29, 0.717) is 6.04 Å². The lowest BCUT2D eigenvalue weighted by Crippen LogP contribution is -2.39. The van der Waals surface area contributed by atoms with Crippen LogP contribution in [-0.4, -0.2) is 19.2 Å². The summed E-state index contributed by atoms with van der Waals surface area (Å²) >= 11 is 0. The van der Waals surface area contributed by atoms with Gasteiger partial charge in [0, 0.05) is 12.6 Å². The van der Waals surface area contributed by atoms with Crippen molar-refractivity contribution in [3.63, 3.8) is 0 Å². The molecule has 2 rings (SSSR count). The zero-order chi connectivity index (χ0) is 11.4. The summed E-state index contributed by atoms with van der Waals surface area (Å²) in [4.78, 5) is 0. The standard InChI is InChI=1S/C14H19NO/c1-3-11(2)9-15-13-8-12-6-4-5-7-14(12)16-10-13/h3-7,13,15H,8-10H2,1-2H3/b11-3+. The number of benzene rings is 1. The van der Waals surface area contributed by atoms with E-state index in [-0.39, 0.29) is 0 Å². The number of hydrogen-bond acceptors (Lipinski definition) is 2. The fourth-order valence-electron chi connectivity index (χ4n) is 1.87. The zero-order valence-electron chi connectivity index (χ0n) is 9.99. The van der Waals surface area contributed by atoms with Crippen LogP contribution < -0.4 is 10.1 Å². The van der Waals surface area contributed by atoms with Crippen molar-refractivity contribution in [1.82, 2.24) is 5.32 Å². The van der Waals surface area contributed by atoms with Crippen molar-refractivity contribution in [1.29, 1.82) is 0 Å². The molecule has 0 aliphatic carbocycles. The van der Waals surface area contributed by atoms with Crippen molar-refractivity contribution in [2.24, 2.45) is 0 Å². The third-order valence-corrected chi connectivity index (χ3v) is 3.04. The van der Waals surface area contributed by atoms with Gasteiger partial charge in [0.1, 0.15) is 12.4 Å². The first-order chi connectivity index (χ1) is 7.79. The van der Waals surface area contributed by atoms with Gasteiger partial charge in [0.15, 0.2) is 0 Å². The predicted molar refractivity (Wildman–Crippen MR) is 66.9 cm³/mol. The molecule has 0 fully saturated rings. The summed E-state index contributed by atoms with van der Waals surface area (Å²) in [5.41, 5.74) is 2.68. The second kappa shape index (κ2) is 5.17. The molecule has 1 unspecified atom stereocenters. The van der Waals surface area contributed by atoms with Gasteiger partial charge in [0.2, 0.25) is 0 Å². The Balaban J connectivity index is 1.93. The molecule has 0 radical (unpaired) electrons. The molecule has 1 atom stereocenters. The first kappa shape index (κ1) is 11.2. The van der Waals surface area contributed by atoms with Crippen LogP contribution in [0.1, 0.15) is 19.4 Å². The molecule has 0 aromatic heterocycles. The molecule has 1 heterocycles. The Bertz CT molecular complexity index is 384. The molecule has 1 aliphatic rings. The third-order valence-electron chi connectivity index (χ3n) is 3.04. The second-order valence-electron chi connectivity index (χ2n) is 4.34. The number of para-hydroxylation sites is 1. The molecule has 2 heteroatoms. The van der Waals surface area contributed by atoms with Gasteiger partial charge in [-0.15, -0.1) is 0 Å². The molecule has 1 aromatic rings. The molecule has 1 aliphatic heterocycles. The summed E-state index contributed by atoms with van der Waals surface area (Å²) in [6.45, 7) is 5.94. The Hall–Kier alpha value is -1.28. The monoisotopic (exact) mass is 217 g/mol. The lowest BCUT2D eigenvalue weighted by Gasteiger charge is -2.26. The van der Waals surface area contributed by atoms with Crippen LogP contribution in [0.5, 0.6) is 5.75 Å². The molecular weight excluding hydrogens is 198 g/mol. The van der Waals surface area contributed by atoms with Crippen molar-refractivity contribution in [2.45, 2.75) is 26.3 Å². The molecule has 1 N–H and O–H groups in total. The van der Waals surface area contributed by atoms with Gasteiger partial charge in [-0.25, -0.2) is 0 Å². The minimum absolute atomic E-state index is 0.435. The molecule has 0 saturated carbocycles. The van der Waals surface area contributed by atoms with Gasteiger partial charge in [0.25, 0.3) is 0 Å². The Morgan fingerprint density at radius 3 is 3.12 bits per heavy atom. The Morgan fingerprint density at radius 2 is 2.31 bits per heavy atom. The quantitative estimate of drug-likeness (QED) is 0.786. The van der Waals surface area contributed by atoms with Crippen molar-refractivity contribution in [2.75, 3.05) is 13.2 Å². The van der Waals surface area contributed by atoms with Crippen molar-refractivity contribution < 1.29 is 4.74 Å². The van der Waals surface area contributed by atoms with Crippen LogP contribution in [-0.2, 0) is 6.42 Å². The number of allylic oxidation sites excluding steroid dienone is 1. The summed E-state index contributed by atoms with van der Waals surface area (Å²) < 4.78 is 5.72. The summed E-state index contributed by atoms with van der Waals surface area (Å²) in [5.74, 6) is 1.04. The van der Waals surface area contributed by atoms with E-state index in [0.717, 1.165) is 25.3 Å². The number of ether oxygens (including phenoxy) is 1. The number of rotatable bonds is 3. The molecule has 2 nitrogen and oxygen atoms in total. The maximum absolute atomic E-state index is 5.72. The van der Waals surface area contributed by atoms with Crippen LogP contribution in [0, 0.1) is 0 Å². The first-order valence-electron chi connectivity index (χ1n) is 5.85. The van der Waals surface area contributed by atoms with Crippen molar-refractivity contribution in [3.05, 3.63) is 41.5 Å². The lowest BCUT2D eigenvalue weighted by atomic mass is 10.0. The predicted octanol–water partition coefficient (Wildman–Crippen LogP) is 2.55. The SMILES string of the molecule is C/C=C(\C)CNC1COc2ccccc2C1. The molecular formula is C14H19NO. The highest BCUT2D eigenvalue weighted by molar-refractivity contribution is 5.35. The van der Waals surface area contributed by atoms with E-state index in [1.165, 1.54) is 11.1 Å². The highest BCUT2D eigenvalue weighted by Gasteiger charge is 2.18. The van der Waals surface area contributed by atoms with E-state index in [9.17, 15) is 0 Å². The highest BCUT2D eigenvalue weighted by Crippen LogP contribution is 2.23. The average molecular weight is 217 g/mol. The molecule has 1 aromatic carbocycles. The van der Waals surface area contributed by atoms with Gasteiger partial charge in [-0.3, -0.25) is 0 Å². The van der Waals surface area contributed by atoms with Crippen LogP contribution in [0.15, 0.2) is 35.9 Å².